The van der Waals surface area contributed by atoms with E-state index < -0.39 is 0 Å². The molecule has 2 unspecified atom stereocenters. The number of fused-ring (bicyclic) bond motifs is 15. The van der Waals surface area contributed by atoms with Crippen LogP contribution in [0.15, 0.2) is 364 Å². The summed E-state index contributed by atoms with van der Waals surface area (Å²) in [7, 11) is 0. The highest BCUT2D eigenvalue weighted by molar-refractivity contribution is 5.96. The van der Waals surface area contributed by atoms with Crippen molar-refractivity contribution in [2.75, 3.05) is 9.80 Å². The molecule has 0 aromatic heterocycles. The first-order valence-corrected chi connectivity index (χ1v) is 48.8. The minimum Gasteiger partial charge on any atom is -0.310 e. The van der Waals surface area contributed by atoms with Gasteiger partial charge in [-0.2, -0.15) is 0 Å². The van der Waals surface area contributed by atoms with E-state index in [1.165, 1.54) is 200 Å². The molecule has 0 fully saturated rings. The highest BCUT2D eigenvalue weighted by Crippen LogP contribution is 2.60. The predicted octanol–water partition coefficient (Wildman–Crippen LogP) is 38.1. The summed E-state index contributed by atoms with van der Waals surface area (Å²) in [4.78, 5) is 4.97. The zero-order valence-corrected chi connectivity index (χ0v) is 81.9. The number of hydrogen-bond donors (Lipinski definition) is 0. The van der Waals surface area contributed by atoms with Gasteiger partial charge < -0.3 is 9.80 Å². The first-order valence-electron chi connectivity index (χ1n) is 48.8. The smallest absolute Gasteiger partial charge is 0.0474 e. The Balaban J connectivity index is 0.000000173. The topological polar surface area (TPSA) is 6.48 Å². The summed E-state index contributed by atoms with van der Waals surface area (Å²) in [6.45, 7) is 47.4. The predicted molar refractivity (Wildman–Crippen MR) is 586 cm³/mol. The van der Waals surface area contributed by atoms with Gasteiger partial charge in [0.2, 0.25) is 0 Å². The second-order valence-corrected chi connectivity index (χ2v) is 43.9. The summed E-state index contributed by atoms with van der Waals surface area (Å²) in [6, 6.07) is 139. The quantitative estimate of drug-likeness (QED) is 0.107. The summed E-state index contributed by atoms with van der Waals surface area (Å²) < 4.78 is 0. The summed E-state index contributed by atoms with van der Waals surface area (Å²) in [5.41, 5.74) is 53.8. The third kappa shape index (κ3) is 15.2. The van der Waals surface area contributed by atoms with Crippen LogP contribution in [0.3, 0.4) is 0 Å². The van der Waals surface area contributed by atoms with Gasteiger partial charge in [0.1, 0.15) is 0 Å². The van der Waals surface area contributed by atoms with Crippen molar-refractivity contribution in [1.29, 1.82) is 0 Å². The summed E-state index contributed by atoms with van der Waals surface area (Å²) in [5, 5.41) is 0. The molecule has 2 nitrogen and oxygen atoms in total. The molecule has 0 bridgehead atoms. The van der Waals surface area contributed by atoms with Crippen LogP contribution in [0.4, 0.5) is 34.1 Å². The van der Waals surface area contributed by atoms with Crippen molar-refractivity contribution in [3.05, 3.63) is 442 Å². The van der Waals surface area contributed by atoms with Crippen LogP contribution in [0.5, 0.6) is 0 Å². The average Bonchev–Trinajstić information content (AvgIpc) is 1.53. The second-order valence-electron chi connectivity index (χ2n) is 43.9. The fourth-order valence-corrected chi connectivity index (χ4v) is 23.4. The van der Waals surface area contributed by atoms with Crippen molar-refractivity contribution in [2.45, 2.75) is 209 Å². The summed E-state index contributed by atoms with van der Waals surface area (Å²) in [6.07, 6.45) is 2.07. The molecule has 0 spiro atoms. The molecule has 136 heavy (non-hydrogen) atoms. The van der Waals surface area contributed by atoms with E-state index in [0.29, 0.717) is 0 Å². The van der Waals surface area contributed by atoms with Crippen LogP contribution in [-0.2, 0) is 43.3 Å². The van der Waals surface area contributed by atoms with Gasteiger partial charge in [0, 0.05) is 61.2 Å². The fraction of sp³-hybridized carbons (Fsp3) is 0.239. The van der Waals surface area contributed by atoms with Crippen molar-refractivity contribution < 1.29 is 0 Å². The van der Waals surface area contributed by atoms with Gasteiger partial charge in [-0.1, -0.05) is 413 Å². The van der Waals surface area contributed by atoms with Crippen LogP contribution >= 0.6 is 0 Å². The molecule has 678 valence electrons. The lowest BCUT2D eigenvalue weighted by Crippen LogP contribution is -2.19. The van der Waals surface area contributed by atoms with Gasteiger partial charge in [-0.25, -0.2) is 0 Å². The zero-order chi connectivity index (χ0) is 93.2. The minimum absolute atomic E-state index is 0. The molecular formula is C134H132N2. The molecule has 0 aliphatic heterocycles. The molecular weight excluding hydrogens is 1640 g/mol. The number of benzene rings is 17. The van der Waals surface area contributed by atoms with Gasteiger partial charge in [-0.05, 0) is 334 Å². The molecule has 17 aromatic carbocycles. The molecule has 0 heterocycles. The minimum atomic E-state index is -0.209. The maximum Gasteiger partial charge on any atom is 0.0474 e. The fourth-order valence-electron chi connectivity index (χ4n) is 23.4. The van der Waals surface area contributed by atoms with Crippen molar-refractivity contribution in [3.8, 4) is 122 Å². The Morgan fingerprint density at radius 3 is 0.875 bits per heavy atom. The van der Waals surface area contributed by atoms with Crippen LogP contribution in [0.2, 0.25) is 0 Å². The van der Waals surface area contributed by atoms with E-state index in [1.807, 2.05) is 0 Å². The molecule has 2 heteroatoms. The Bertz CT molecular complexity index is 7180. The van der Waals surface area contributed by atoms with E-state index in [-0.39, 0.29) is 58.2 Å². The van der Waals surface area contributed by atoms with Gasteiger partial charge in [-0.3, -0.25) is 0 Å². The number of anilines is 6. The van der Waals surface area contributed by atoms with Crippen LogP contribution in [0.25, 0.3) is 122 Å². The molecule has 5 aliphatic rings. The van der Waals surface area contributed by atoms with E-state index in [2.05, 4.69) is 512 Å². The van der Waals surface area contributed by atoms with Crippen LogP contribution in [0.1, 0.15) is 237 Å². The molecule has 17 aromatic rings. The lowest BCUT2D eigenvalue weighted by atomic mass is 9.75. The van der Waals surface area contributed by atoms with Crippen LogP contribution in [0, 0.1) is 6.92 Å². The molecule has 0 saturated heterocycles. The Labute approximate surface area is 812 Å². The molecule has 0 amide bonds. The number of aryl methyl sites for hydroxylation is 1. The Hall–Kier alpha value is -13.7. The summed E-state index contributed by atoms with van der Waals surface area (Å²) >= 11 is 0. The maximum atomic E-state index is 2.55. The van der Waals surface area contributed by atoms with Crippen molar-refractivity contribution in [3.63, 3.8) is 0 Å². The highest BCUT2D eigenvalue weighted by Gasteiger charge is 2.44. The van der Waals surface area contributed by atoms with Crippen molar-refractivity contribution >= 4 is 34.1 Å². The molecule has 0 saturated carbocycles. The third-order valence-corrected chi connectivity index (χ3v) is 31.5. The lowest BCUT2D eigenvalue weighted by Gasteiger charge is -2.33. The summed E-state index contributed by atoms with van der Waals surface area (Å²) in [5.74, 6) is 0. The van der Waals surface area contributed by atoms with E-state index in [0.717, 1.165) is 47.0 Å². The molecule has 22 rings (SSSR count). The van der Waals surface area contributed by atoms with Gasteiger partial charge in [-0.15, -0.1) is 0 Å². The van der Waals surface area contributed by atoms with Crippen molar-refractivity contribution in [1.82, 2.24) is 0 Å². The SMILES string of the molecule is C.C.CCC1(C)c2ccccc2-c2ccc(-c3cc(-c4ccc5c(c4)C(C)(CC)c4ccccc4-5)cc(N(c4ccc(-c5ccccc5)cc4)c4ccc(-c5ccccc5)cc4)c3)cc21.Cc1ccc(N(c2cc(-c3ccc4c(c3)C(C)(C)c3cc(C(C)(C)C)ccc3-4)c(C(C)(C)C)c(-c3ccc4c(c3)C(C)(C)c3cc(C(C)(C)C)ccc3-4)c2)c2ccc3c(c2)C(C)(C)c2ccccc2-3)cc1. The molecule has 2 atom stereocenters. The average molecular weight is 1770 g/mol. The first kappa shape index (κ1) is 91.5. The number of rotatable bonds is 14. The highest BCUT2D eigenvalue weighted by atomic mass is 15.1. The first-order chi connectivity index (χ1) is 64.1. The van der Waals surface area contributed by atoms with E-state index in [4.69, 9.17) is 0 Å². The van der Waals surface area contributed by atoms with Gasteiger partial charge in [0.05, 0.1) is 0 Å². The van der Waals surface area contributed by atoms with Crippen LogP contribution in [-0.4, -0.2) is 0 Å². The third-order valence-electron chi connectivity index (χ3n) is 31.5. The molecule has 5 aliphatic carbocycles. The number of hydrogen-bond acceptors (Lipinski definition) is 2. The Morgan fingerprint density at radius 2 is 0.478 bits per heavy atom. The standard InChI is InChI=1S/C70H73N.C62H51N.2CH4/c1-42-21-27-47(28-22-42)71(48-29-34-55-50-19-17-18-20-58(50)68(11,12)63(55)41-48)49-39-56(43-23-30-51-53-32-25-45(65(2,3)4)37-61(53)69(13,14)59(51)35-43)64(67(8,9)10)57(40-49)44-24-31-52-54-33-26-46(66(5,6)7)38-62(54)70(15,16)60(52)36-44;1-5-61(3)57-23-15-13-21-53(57)55-35-29-46(40-59(55)61)48-37-49(47-30-36-56-54-22-14-16-24-58(54)62(4,6-2)60(56)41-47)39-52(38-48)63(50-31-25-44(26-32-50)42-17-9-7-10-18-42)51-33-27-45(28-34-51)43-19-11-8-12-20-43;;/h17-41H,1-16H3;7-41H,5-6H2,1-4H3;2*1H4. The van der Waals surface area contributed by atoms with E-state index in [9.17, 15) is 0 Å². The Kier molecular flexibility index (Phi) is 22.7. The monoisotopic (exact) mass is 1770 g/mol. The largest absolute Gasteiger partial charge is 0.310 e. The molecule has 0 N–H and O–H groups in total. The molecule has 0 radical (unpaired) electrons. The normalized spacial score (nSPS) is 16.0. The number of nitrogens with zero attached hydrogens (tertiary/aromatic N) is 2. The second kappa shape index (κ2) is 33.7. The zero-order valence-electron chi connectivity index (χ0n) is 81.9. The lowest BCUT2D eigenvalue weighted by molar-refractivity contribution is 0.564. The Morgan fingerprint density at radius 1 is 0.199 bits per heavy atom. The maximum absolute atomic E-state index is 2.55. The van der Waals surface area contributed by atoms with Gasteiger partial charge >= 0.3 is 0 Å². The van der Waals surface area contributed by atoms with Gasteiger partial charge in [0.25, 0.3) is 0 Å². The van der Waals surface area contributed by atoms with Crippen LogP contribution < -0.4 is 9.80 Å². The van der Waals surface area contributed by atoms with E-state index in [1.54, 1.807) is 0 Å². The van der Waals surface area contributed by atoms with Gasteiger partial charge in [0.15, 0.2) is 0 Å². The van der Waals surface area contributed by atoms with Crippen molar-refractivity contribution in [2.24, 2.45) is 0 Å². The van der Waals surface area contributed by atoms with E-state index >= 15 is 0 Å².